The minimum Gasteiger partial charge on any atom is -0.376 e. The number of hydrogen-bond acceptors (Lipinski definition) is 4. The van der Waals surface area contributed by atoms with Crippen LogP contribution in [0.4, 0.5) is 13.6 Å². The molecule has 1 saturated carbocycles. The number of pyridine rings is 1. The van der Waals surface area contributed by atoms with Crippen molar-refractivity contribution >= 4 is 11.9 Å². The highest BCUT2D eigenvalue weighted by molar-refractivity contribution is 5.94. The molecule has 198 valence electrons. The van der Waals surface area contributed by atoms with Gasteiger partial charge in [0, 0.05) is 6.20 Å². The van der Waals surface area contributed by atoms with Gasteiger partial charge in [0.05, 0.1) is 37.4 Å². The van der Waals surface area contributed by atoms with E-state index < -0.39 is 29.1 Å². The Kier molecular flexibility index (Phi) is 7.50. The van der Waals surface area contributed by atoms with E-state index in [1.54, 1.807) is 6.07 Å². The van der Waals surface area contributed by atoms with Crippen molar-refractivity contribution in [3.8, 4) is 0 Å². The zero-order valence-corrected chi connectivity index (χ0v) is 20.5. The Labute approximate surface area is 218 Å². The fourth-order valence-electron chi connectivity index (χ4n) is 5.04. The van der Waals surface area contributed by atoms with Crippen LogP contribution in [-0.4, -0.2) is 41.3 Å². The van der Waals surface area contributed by atoms with Crippen LogP contribution in [0.5, 0.6) is 0 Å². The van der Waals surface area contributed by atoms with E-state index in [2.05, 4.69) is 16.0 Å². The van der Waals surface area contributed by atoms with Crippen LogP contribution in [0.25, 0.3) is 0 Å². The number of benzene rings is 2. The van der Waals surface area contributed by atoms with E-state index in [0.29, 0.717) is 12.0 Å². The van der Waals surface area contributed by atoms with Gasteiger partial charge in [-0.1, -0.05) is 36.4 Å². The topological polar surface area (TPSA) is 101 Å². The standard InChI is InChI=1S/C28H28F2N4O4/c29-21-10-8-17(13-22(21)30)15-34-12-4-7-20(27(34)36)26(35)31-25(18-5-2-1-3-6-18)16-38-19-9-11-23-24(14-19)33-28(37)32-23/h1-8,10,12-13,19,23-25H,9,11,14-16H2,(H,31,35)(H2,32,33,37). The number of urea groups is 1. The maximum atomic E-state index is 13.6. The highest BCUT2D eigenvalue weighted by Crippen LogP contribution is 2.26. The van der Waals surface area contributed by atoms with Gasteiger partial charge in [-0.3, -0.25) is 9.59 Å². The number of hydrogen-bond donors (Lipinski definition) is 3. The van der Waals surface area contributed by atoms with E-state index in [1.165, 1.54) is 22.9 Å². The molecular weight excluding hydrogens is 494 g/mol. The maximum Gasteiger partial charge on any atom is 0.315 e. The van der Waals surface area contributed by atoms with Gasteiger partial charge in [0.2, 0.25) is 0 Å². The molecule has 0 spiro atoms. The third kappa shape index (κ3) is 5.75. The molecule has 4 unspecified atom stereocenters. The molecule has 0 bridgehead atoms. The summed E-state index contributed by atoms with van der Waals surface area (Å²) in [6.07, 6.45) is 3.67. The molecule has 0 radical (unpaired) electrons. The first-order valence-corrected chi connectivity index (χ1v) is 12.5. The lowest BCUT2D eigenvalue weighted by molar-refractivity contribution is 0.00700. The molecule has 10 heteroatoms. The molecule has 2 fully saturated rings. The summed E-state index contributed by atoms with van der Waals surface area (Å²) in [7, 11) is 0. The summed E-state index contributed by atoms with van der Waals surface area (Å²) in [4.78, 5) is 38.0. The summed E-state index contributed by atoms with van der Waals surface area (Å²) in [5.41, 5.74) is 0.590. The van der Waals surface area contributed by atoms with Gasteiger partial charge in [-0.05, 0) is 54.7 Å². The Morgan fingerprint density at radius 2 is 1.79 bits per heavy atom. The zero-order chi connectivity index (χ0) is 26.6. The van der Waals surface area contributed by atoms with Crippen LogP contribution in [-0.2, 0) is 11.3 Å². The number of rotatable bonds is 8. The van der Waals surface area contributed by atoms with Crippen LogP contribution in [0.15, 0.2) is 71.7 Å². The molecule has 2 aliphatic rings. The molecular formula is C28H28F2N4O4. The van der Waals surface area contributed by atoms with Crippen molar-refractivity contribution in [1.29, 1.82) is 0 Å². The van der Waals surface area contributed by atoms with Gasteiger partial charge >= 0.3 is 6.03 Å². The molecule has 2 heterocycles. The van der Waals surface area contributed by atoms with Gasteiger partial charge in [-0.15, -0.1) is 0 Å². The van der Waals surface area contributed by atoms with Gasteiger partial charge in [0.15, 0.2) is 11.6 Å². The van der Waals surface area contributed by atoms with Crippen molar-refractivity contribution < 1.29 is 23.1 Å². The van der Waals surface area contributed by atoms with Gasteiger partial charge in [-0.25, -0.2) is 13.6 Å². The maximum absolute atomic E-state index is 13.6. The molecule has 1 aliphatic heterocycles. The second-order valence-electron chi connectivity index (χ2n) is 9.64. The predicted molar refractivity (Wildman–Crippen MR) is 136 cm³/mol. The lowest BCUT2D eigenvalue weighted by Crippen LogP contribution is -2.43. The quantitative estimate of drug-likeness (QED) is 0.423. The monoisotopic (exact) mass is 522 g/mol. The lowest BCUT2D eigenvalue weighted by atomic mass is 9.89. The zero-order valence-electron chi connectivity index (χ0n) is 20.5. The third-order valence-corrected chi connectivity index (χ3v) is 7.04. The number of amides is 3. The van der Waals surface area contributed by atoms with E-state index in [9.17, 15) is 23.2 Å². The normalized spacial score (nSPS) is 21.2. The molecule has 4 atom stereocenters. The Balaban J connectivity index is 1.29. The van der Waals surface area contributed by atoms with Gasteiger partial charge in [-0.2, -0.15) is 0 Å². The third-order valence-electron chi connectivity index (χ3n) is 7.04. The molecule has 1 saturated heterocycles. The minimum atomic E-state index is -1.00. The van der Waals surface area contributed by atoms with Crippen LogP contribution in [0, 0.1) is 11.6 Å². The van der Waals surface area contributed by atoms with Crippen molar-refractivity contribution in [3.63, 3.8) is 0 Å². The molecule has 1 aromatic heterocycles. The van der Waals surface area contributed by atoms with Gasteiger partial charge in [0.1, 0.15) is 5.56 Å². The average Bonchev–Trinajstić information content (AvgIpc) is 3.29. The Hall–Kier alpha value is -4.05. The summed E-state index contributed by atoms with van der Waals surface area (Å²) in [5.74, 6) is -2.54. The molecule has 5 rings (SSSR count). The Morgan fingerprint density at radius 1 is 1.00 bits per heavy atom. The lowest BCUT2D eigenvalue weighted by Gasteiger charge is -2.31. The minimum absolute atomic E-state index is 0.0163. The molecule has 3 amide bonds. The van der Waals surface area contributed by atoms with Gasteiger partial charge < -0.3 is 25.3 Å². The Bertz CT molecular complexity index is 1380. The fourth-order valence-corrected chi connectivity index (χ4v) is 5.04. The van der Waals surface area contributed by atoms with Crippen molar-refractivity contribution in [2.45, 2.75) is 50.0 Å². The number of carbonyl (C=O) groups excluding carboxylic acids is 2. The number of nitrogens with one attached hydrogen (secondary N) is 3. The molecule has 2 aromatic carbocycles. The molecule has 1 aliphatic carbocycles. The van der Waals surface area contributed by atoms with Crippen molar-refractivity contribution in [3.05, 3.63) is 106 Å². The van der Waals surface area contributed by atoms with E-state index in [-0.39, 0.29) is 42.9 Å². The van der Waals surface area contributed by atoms with Crippen LogP contribution in [0.2, 0.25) is 0 Å². The second-order valence-corrected chi connectivity index (χ2v) is 9.64. The second kappa shape index (κ2) is 11.1. The van der Waals surface area contributed by atoms with Crippen LogP contribution in [0.3, 0.4) is 0 Å². The summed E-state index contributed by atoms with van der Waals surface area (Å²) < 4.78 is 34.4. The van der Waals surface area contributed by atoms with Crippen molar-refractivity contribution in [1.82, 2.24) is 20.5 Å². The highest BCUT2D eigenvalue weighted by atomic mass is 19.2. The average molecular weight is 523 g/mol. The number of ether oxygens (including phenoxy) is 1. The van der Waals surface area contributed by atoms with Crippen molar-refractivity contribution in [2.24, 2.45) is 0 Å². The summed E-state index contributed by atoms with van der Waals surface area (Å²) in [6.45, 7) is 0.173. The molecule has 8 nitrogen and oxygen atoms in total. The molecule has 38 heavy (non-hydrogen) atoms. The highest BCUT2D eigenvalue weighted by Gasteiger charge is 2.37. The number of fused-ring (bicyclic) bond motifs is 1. The number of carbonyl (C=O) groups is 2. The molecule has 3 N–H and O–H groups in total. The first-order valence-electron chi connectivity index (χ1n) is 12.5. The van der Waals surface area contributed by atoms with E-state index in [4.69, 9.17) is 4.74 Å². The largest absolute Gasteiger partial charge is 0.376 e. The predicted octanol–water partition coefficient (Wildman–Crippen LogP) is 3.27. The van der Waals surface area contributed by atoms with E-state index >= 15 is 0 Å². The van der Waals surface area contributed by atoms with Crippen LogP contribution < -0.4 is 21.5 Å². The Morgan fingerprint density at radius 3 is 2.58 bits per heavy atom. The van der Waals surface area contributed by atoms with Gasteiger partial charge in [0.25, 0.3) is 11.5 Å². The van der Waals surface area contributed by atoms with Crippen LogP contribution >= 0.6 is 0 Å². The summed E-state index contributed by atoms with van der Waals surface area (Å²) >= 11 is 0. The van der Waals surface area contributed by atoms with Crippen LogP contribution in [0.1, 0.15) is 46.8 Å². The van der Waals surface area contributed by atoms with E-state index in [0.717, 1.165) is 30.5 Å². The van der Waals surface area contributed by atoms with Crippen molar-refractivity contribution in [2.75, 3.05) is 6.61 Å². The molecule has 3 aromatic rings. The first kappa shape index (κ1) is 25.6. The fraction of sp³-hybridized carbons (Fsp3) is 0.321. The summed E-state index contributed by atoms with van der Waals surface area (Å²) in [6, 6.07) is 15.2. The SMILES string of the molecule is O=C1NC2CCC(OCC(NC(=O)c3cccn(Cc4ccc(F)c(F)c4)c3=O)c3ccccc3)CC2N1. The first-order chi connectivity index (χ1) is 18.4. The summed E-state index contributed by atoms with van der Waals surface area (Å²) in [5, 5.41) is 8.75. The van der Waals surface area contributed by atoms with E-state index in [1.807, 2.05) is 30.3 Å². The smallest absolute Gasteiger partial charge is 0.315 e. The number of halogens is 2. The number of aromatic nitrogens is 1. The number of nitrogens with zero attached hydrogens (tertiary/aromatic N) is 1.